The first-order valence-corrected chi connectivity index (χ1v) is 4.16. The van der Waals surface area contributed by atoms with Gasteiger partial charge in [0.05, 0.1) is 5.56 Å². The molecule has 1 rings (SSSR count). The molecule has 0 aliphatic heterocycles. The number of aromatic hydroxyl groups is 3. The Hall–Kier alpha value is -1.35. The quantitative estimate of drug-likeness (QED) is 0.641. The van der Waals surface area contributed by atoms with Crippen molar-refractivity contribution in [3.63, 3.8) is 0 Å². The van der Waals surface area contributed by atoms with Crippen LogP contribution in [0.3, 0.4) is 0 Å². The van der Waals surface area contributed by atoms with Crippen LogP contribution in [0.15, 0.2) is 18.2 Å². The molecule has 0 spiro atoms. The molecular weight excluding hydrogens is 192 g/mol. The van der Waals surface area contributed by atoms with Gasteiger partial charge in [-0.25, -0.2) is 0 Å². The van der Waals surface area contributed by atoms with Gasteiger partial charge in [-0.2, -0.15) is 0 Å². The van der Waals surface area contributed by atoms with E-state index >= 15 is 0 Å². The van der Waals surface area contributed by atoms with E-state index < -0.39 is 0 Å². The van der Waals surface area contributed by atoms with E-state index in [9.17, 15) is 10.2 Å². The predicted octanol–water partition coefficient (Wildman–Crippen LogP) is 2.06. The number of halogens is 1. The van der Waals surface area contributed by atoms with Crippen LogP contribution in [-0.4, -0.2) is 21.2 Å². The molecule has 0 bridgehead atoms. The average Bonchev–Trinajstić information content (AvgIpc) is 2.02. The predicted molar refractivity (Wildman–Crippen MR) is 51.2 cm³/mol. The molecule has 13 heavy (non-hydrogen) atoms. The van der Waals surface area contributed by atoms with Crippen LogP contribution in [0.5, 0.6) is 17.2 Å². The Morgan fingerprint density at radius 2 is 1.69 bits per heavy atom. The number of hydrogen-bond donors (Lipinski definition) is 3. The van der Waals surface area contributed by atoms with Crippen LogP contribution in [0.25, 0.3) is 6.08 Å². The molecule has 0 aliphatic rings. The summed E-state index contributed by atoms with van der Waals surface area (Å²) in [4.78, 5) is 0. The van der Waals surface area contributed by atoms with Crippen LogP contribution in [0.4, 0.5) is 0 Å². The second-order valence-corrected chi connectivity index (χ2v) is 2.76. The number of rotatable bonds is 2. The third kappa shape index (κ3) is 2.29. The summed E-state index contributed by atoms with van der Waals surface area (Å²) in [6.45, 7) is 0. The van der Waals surface area contributed by atoms with Gasteiger partial charge in [-0.15, -0.1) is 11.6 Å². The smallest absolute Gasteiger partial charge is 0.130 e. The van der Waals surface area contributed by atoms with Gasteiger partial charge >= 0.3 is 0 Å². The van der Waals surface area contributed by atoms with Gasteiger partial charge in [0.15, 0.2) is 0 Å². The van der Waals surface area contributed by atoms with Crippen molar-refractivity contribution >= 4 is 17.7 Å². The highest BCUT2D eigenvalue weighted by Crippen LogP contribution is 2.32. The normalized spacial score (nSPS) is 10.8. The molecular formula is C9H9ClO3. The molecule has 0 aliphatic carbocycles. The molecule has 0 heterocycles. The molecule has 0 radical (unpaired) electrons. The molecule has 0 aromatic heterocycles. The highest BCUT2D eigenvalue weighted by molar-refractivity contribution is 6.19. The molecule has 0 fully saturated rings. The number of alkyl halides is 1. The van der Waals surface area contributed by atoms with E-state index in [0.717, 1.165) is 12.1 Å². The molecule has 3 nitrogen and oxygen atoms in total. The van der Waals surface area contributed by atoms with Crippen LogP contribution in [0.2, 0.25) is 0 Å². The zero-order chi connectivity index (χ0) is 9.84. The van der Waals surface area contributed by atoms with Gasteiger partial charge in [0.25, 0.3) is 0 Å². The number of benzene rings is 1. The summed E-state index contributed by atoms with van der Waals surface area (Å²) in [7, 11) is 0. The lowest BCUT2D eigenvalue weighted by Gasteiger charge is -2.02. The second kappa shape index (κ2) is 4.05. The minimum absolute atomic E-state index is 0.182. The van der Waals surface area contributed by atoms with Crippen LogP contribution in [0, 0.1) is 0 Å². The standard InChI is InChI=1S/C9H9ClO3/c10-3-1-2-7-8(12)4-6(11)5-9(7)13/h1-2,4-5,11-13H,3H2. The molecule has 3 N–H and O–H groups in total. The fourth-order valence-electron chi connectivity index (χ4n) is 0.942. The fraction of sp³-hybridized carbons (Fsp3) is 0.111. The van der Waals surface area contributed by atoms with Gasteiger partial charge in [0.1, 0.15) is 17.2 Å². The molecule has 0 saturated heterocycles. The van der Waals surface area contributed by atoms with Gasteiger partial charge in [-0.05, 0) is 0 Å². The van der Waals surface area contributed by atoms with Crippen molar-refractivity contribution in [1.82, 2.24) is 0 Å². The average molecular weight is 201 g/mol. The molecule has 1 aromatic rings. The summed E-state index contributed by atoms with van der Waals surface area (Å²) >= 11 is 5.39. The van der Waals surface area contributed by atoms with Crippen LogP contribution < -0.4 is 0 Å². The first-order valence-electron chi connectivity index (χ1n) is 3.62. The van der Waals surface area contributed by atoms with Crippen molar-refractivity contribution in [1.29, 1.82) is 0 Å². The summed E-state index contributed by atoms with van der Waals surface area (Å²) in [5.74, 6) is -0.254. The number of phenolic OH excluding ortho intramolecular Hbond substituents is 3. The van der Waals surface area contributed by atoms with Crippen molar-refractivity contribution in [3.05, 3.63) is 23.8 Å². The van der Waals surface area contributed by atoms with Crippen LogP contribution in [-0.2, 0) is 0 Å². The van der Waals surface area contributed by atoms with E-state index in [1.54, 1.807) is 6.08 Å². The lowest BCUT2D eigenvalue weighted by atomic mass is 10.1. The van der Waals surface area contributed by atoms with Crippen LogP contribution >= 0.6 is 11.6 Å². The lowest BCUT2D eigenvalue weighted by molar-refractivity contribution is 0.426. The minimum Gasteiger partial charge on any atom is -0.508 e. The summed E-state index contributed by atoms with van der Waals surface area (Å²) in [5, 5.41) is 27.5. The maximum Gasteiger partial charge on any atom is 0.130 e. The fourth-order valence-corrected chi connectivity index (χ4v) is 1.03. The van der Waals surface area contributed by atoms with E-state index in [-0.39, 0.29) is 22.8 Å². The lowest BCUT2D eigenvalue weighted by Crippen LogP contribution is -1.77. The first kappa shape index (κ1) is 9.74. The third-order valence-electron chi connectivity index (χ3n) is 1.49. The minimum atomic E-state index is -0.182. The number of allylic oxidation sites excluding steroid dienone is 1. The van der Waals surface area contributed by atoms with Gasteiger partial charge < -0.3 is 15.3 Å². The van der Waals surface area contributed by atoms with E-state index in [0.29, 0.717) is 5.88 Å². The number of phenols is 3. The second-order valence-electron chi connectivity index (χ2n) is 2.45. The number of hydrogen-bond acceptors (Lipinski definition) is 3. The Balaban J connectivity index is 3.13. The van der Waals surface area contributed by atoms with Gasteiger partial charge in [-0.3, -0.25) is 0 Å². The molecule has 4 heteroatoms. The molecule has 0 saturated carbocycles. The Labute approximate surface area is 80.5 Å². The monoisotopic (exact) mass is 200 g/mol. The summed E-state index contributed by atoms with van der Waals surface area (Å²) < 4.78 is 0. The summed E-state index contributed by atoms with van der Waals surface area (Å²) in [6.07, 6.45) is 3.06. The van der Waals surface area contributed by atoms with Crippen molar-refractivity contribution in [3.8, 4) is 17.2 Å². The third-order valence-corrected chi connectivity index (χ3v) is 1.67. The van der Waals surface area contributed by atoms with Gasteiger partial charge in [0, 0.05) is 18.0 Å². The highest BCUT2D eigenvalue weighted by atomic mass is 35.5. The summed E-state index contributed by atoms with van der Waals surface area (Å²) in [5.41, 5.74) is 0.249. The zero-order valence-electron chi connectivity index (χ0n) is 6.74. The van der Waals surface area contributed by atoms with Crippen molar-refractivity contribution in [2.75, 3.05) is 5.88 Å². The van der Waals surface area contributed by atoms with E-state index in [4.69, 9.17) is 16.7 Å². The van der Waals surface area contributed by atoms with Crippen molar-refractivity contribution < 1.29 is 15.3 Å². The van der Waals surface area contributed by atoms with Crippen molar-refractivity contribution in [2.45, 2.75) is 0 Å². The first-order chi connectivity index (χ1) is 6.15. The topological polar surface area (TPSA) is 60.7 Å². The molecule has 0 amide bonds. The Morgan fingerprint density at radius 1 is 1.15 bits per heavy atom. The maximum absolute atomic E-state index is 9.28. The maximum atomic E-state index is 9.28. The molecule has 0 atom stereocenters. The Kier molecular flexibility index (Phi) is 3.03. The van der Waals surface area contributed by atoms with E-state index in [1.165, 1.54) is 6.08 Å². The van der Waals surface area contributed by atoms with Gasteiger partial charge in [-0.1, -0.05) is 12.2 Å². The molecule has 1 aromatic carbocycles. The summed E-state index contributed by atoms with van der Waals surface area (Å²) in [6, 6.07) is 2.29. The highest BCUT2D eigenvalue weighted by Gasteiger charge is 2.05. The Bertz CT molecular complexity index is 311. The van der Waals surface area contributed by atoms with Gasteiger partial charge in [0.2, 0.25) is 0 Å². The van der Waals surface area contributed by atoms with E-state index in [1.807, 2.05) is 0 Å². The Morgan fingerprint density at radius 3 is 2.15 bits per heavy atom. The molecule has 70 valence electrons. The zero-order valence-corrected chi connectivity index (χ0v) is 7.49. The van der Waals surface area contributed by atoms with E-state index in [2.05, 4.69) is 0 Å². The van der Waals surface area contributed by atoms with Crippen LogP contribution in [0.1, 0.15) is 5.56 Å². The SMILES string of the molecule is Oc1cc(O)c(C=CCCl)c(O)c1. The van der Waals surface area contributed by atoms with Crippen molar-refractivity contribution in [2.24, 2.45) is 0 Å². The molecule has 0 unspecified atom stereocenters. The largest absolute Gasteiger partial charge is 0.508 e.